The Morgan fingerprint density at radius 1 is 1.05 bits per heavy atom. The maximum atomic E-state index is 13.2. The summed E-state index contributed by atoms with van der Waals surface area (Å²) in [7, 11) is 0. The third-order valence-corrected chi connectivity index (χ3v) is 3.74. The molecular formula is C14H9F3IN3. The van der Waals surface area contributed by atoms with E-state index in [4.69, 9.17) is 5.73 Å². The number of anilines is 1. The summed E-state index contributed by atoms with van der Waals surface area (Å²) in [5.74, 6) is -0.954. The van der Waals surface area contributed by atoms with Crippen molar-refractivity contribution < 1.29 is 13.2 Å². The molecule has 0 atom stereocenters. The van der Waals surface area contributed by atoms with Gasteiger partial charge in [0.05, 0.1) is 11.0 Å². The summed E-state index contributed by atoms with van der Waals surface area (Å²) in [4.78, 5) is 3.70. The lowest BCUT2D eigenvalue weighted by atomic mass is 10.2. The summed E-state index contributed by atoms with van der Waals surface area (Å²) < 4.78 is 41.8. The second-order valence-corrected chi connectivity index (χ2v) is 5.74. The van der Waals surface area contributed by atoms with Crippen molar-refractivity contribution in [3.8, 4) is 5.69 Å². The van der Waals surface area contributed by atoms with E-state index >= 15 is 0 Å². The molecule has 0 aliphatic carbocycles. The Kier molecular flexibility index (Phi) is 3.31. The molecule has 3 aromatic rings. The quantitative estimate of drug-likeness (QED) is 0.488. The number of hydrogen-bond donors (Lipinski definition) is 1. The lowest BCUT2D eigenvalue weighted by Crippen LogP contribution is -2.13. The van der Waals surface area contributed by atoms with Gasteiger partial charge in [0.25, 0.3) is 0 Å². The Bertz CT molecular complexity index is 807. The molecule has 0 fully saturated rings. The fraction of sp³-hybridized carbons (Fsp3) is 0.0714. The average molecular weight is 403 g/mol. The first kappa shape index (κ1) is 14.2. The van der Waals surface area contributed by atoms with Crippen LogP contribution in [-0.4, -0.2) is 9.55 Å². The number of nitrogen functional groups attached to an aromatic ring is 1. The van der Waals surface area contributed by atoms with Crippen LogP contribution in [0.2, 0.25) is 0 Å². The van der Waals surface area contributed by atoms with Gasteiger partial charge < -0.3 is 5.73 Å². The number of benzene rings is 2. The molecule has 0 saturated carbocycles. The molecule has 0 bridgehead atoms. The van der Waals surface area contributed by atoms with Crippen molar-refractivity contribution in [2.45, 2.75) is 6.18 Å². The normalized spacial score (nSPS) is 12.0. The van der Waals surface area contributed by atoms with Gasteiger partial charge in [-0.1, -0.05) is 0 Å². The first-order valence-electron chi connectivity index (χ1n) is 5.97. The summed E-state index contributed by atoms with van der Waals surface area (Å²) in [6.45, 7) is 0. The molecule has 1 heterocycles. The van der Waals surface area contributed by atoms with E-state index < -0.39 is 12.0 Å². The molecule has 0 aliphatic rings. The van der Waals surface area contributed by atoms with Crippen LogP contribution in [0.3, 0.4) is 0 Å². The monoisotopic (exact) mass is 403 g/mol. The van der Waals surface area contributed by atoms with Crippen LogP contribution in [0.4, 0.5) is 18.9 Å². The predicted molar refractivity (Wildman–Crippen MR) is 83.2 cm³/mol. The SMILES string of the molecule is Nc1ccc2c(c1)nc(C(F)(F)F)n2-c1ccc(I)cc1. The molecule has 2 N–H and O–H groups in total. The minimum atomic E-state index is -4.54. The van der Waals surface area contributed by atoms with Crippen LogP contribution in [0.25, 0.3) is 16.7 Å². The van der Waals surface area contributed by atoms with Crippen LogP contribution in [0.1, 0.15) is 5.82 Å². The van der Waals surface area contributed by atoms with E-state index in [2.05, 4.69) is 27.6 Å². The van der Waals surface area contributed by atoms with Crippen molar-refractivity contribution in [3.63, 3.8) is 0 Å². The van der Waals surface area contributed by atoms with Crippen LogP contribution < -0.4 is 5.73 Å². The van der Waals surface area contributed by atoms with Crippen LogP contribution >= 0.6 is 22.6 Å². The summed E-state index contributed by atoms with van der Waals surface area (Å²) in [6, 6.07) is 11.3. The summed E-state index contributed by atoms with van der Waals surface area (Å²) in [5.41, 5.74) is 7.01. The van der Waals surface area contributed by atoms with Gasteiger partial charge in [-0.05, 0) is 65.1 Å². The van der Waals surface area contributed by atoms with Gasteiger partial charge in [-0.15, -0.1) is 0 Å². The van der Waals surface area contributed by atoms with Gasteiger partial charge in [-0.25, -0.2) is 4.98 Å². The number of alkyl halides is 3. The van der Waals surface area contributed by atoms with Gasteiger partial charge in [0, 0.05) is 14.9 Å². The fourth-order valence-corrected chi connectivity index (χ4v) is 2.50. The molecule has 3 rings (SSSR count). The Balaban J connectivity index is 2.35. The molecule has 3 nitrogen and oxygen atoms in total. The van der Waals surface area contributed by atoms with Crippen LogP contribution in [-0.2, 0) is 6.18 Å². The van der Waals surface area contributed by atoms with Crippen LogP contribution in [0, 0.1) is 3.57 Å². The fourth-order valence-electron chi connectivity index (χ4n) is 2.14. The Morgan fingerprint density at radius 2 is 1.71 bits per heavy atom. The Morgan fingerprint density at radius 3 is 2.33 bits per heavy atom. The van der Waals surface area contributed by atoms with Gasteiger partial charge in [0.2, 0.25) is 5.82 Å². The molecule has 0 radical (unpaired) electrons. The third-order valence-electron chi connectivity index (χ3n) is 3.02. The number of rotatable bonds is 1. The molecule has 0 spiro atoms. The van der Waals surface area contributed by atoms with Gasteiger partial charge in [-0.3, -0.25) is 4.57 Å². The number of halogens is 4. The van der Waals surface area contributed by atoms with Crippen LogP contribution in [0.5, 0.6) is 0 Å². The third kappa shape index (κ3) is 2.57. The van der Waals surface area contributed by atoms with Crippen LogP contribution in [0.15, 0.2) is 42.5 Å². The van der Waals surface area contributed by atoms with Crippen molar-refractivity contribution in [2.24, 2.45) is 0 Å². The zero-order valence-electron chi connectivity index (χ0n) is 10.5. The first-order chi connectivity index (χ1) is 9.86. The highest BCUT2D eigenvalue weighted by Gasteiger charge is 2.38. The zero-order valence-corrected chi connectivity index (χ0v) is 12.7. The molecule has 0 unspecified atom stereocenters. The number of hydrogen-bond acceptors (Lipinski definition) is 2. The number of fused-ring (bicyclic) bond motifs is 1. The van der Waals surface area contributed by atoms with E-state index in [0.29, 0.717) is 16.9 Å². The summed E-state index contributed by atoms with van der Waals surface area (Å²) >= 11 is 2.10. The predicted octanol–water partition coefficient (Wildman–Crippen LogP) is 4.23. The Labute approximate surface area is 131 Å². The van der Waals surface area contributed by atoms with Crippen molar-refractivity contribution in [1.29, 1.82) is 0 Å². The lowest BCUT2D eigenvalue weighted by molar-refractivity contribution is -0.145. The van der Waals surface area contributed by atoms with Crippen molar-refractivity contribution in [3.05, 3.63) is 51.9 Å². The highest BCUT2D eigenvalue weighted by Crippen LogP contribution is 2.34. The summed E-state index contributed by atoms with van der Waals surface area (Å²) in [5, 5.41) is 0. The van der Waals surface area contributed by atoms with E-state index in [-0.39, 0.29) is 5.52 Å². The highest BCUT2D eigenvalue weighted by atomic mass is 127. The topological polar surface area (TPSA) is 43.8 Å². The molecule has 2 aromatic carbocycles. The largest absolute Gasteiger partial charge is 0.450 e. The van der Waals surface area contributed by atoms with E-state index in [0.717, 1.165) is 8.14 Å². The minimum absolute atomic E-state index is 0.223. The molecule has 108 valence electrons. The lowest BCUT2D eigenvalue weighted by Gasteiger charge is -2.11. The molecule has 7 heteroatoms. The van der Waals surface area contributed by atoms with Crippen molar-refractivity contribution >= 4 is 39.3 Å². The van der Waals surface area contributed by atoms with Gasteiger partial charge in [0.15, 0.2) is 0 Å². The standard InChI is InChI=1S/C14H9F3IN3/c15-14(16,17)13-20-11-7-9(19)3-6-12(11)21(13)10-4-1-8(18)2-5-10/h1-7H,19H2. The van der Waals surface area contributed by atoms with Crippen molar-refractivity contribution in [2.75, 3.05) is 5.73 Å². The molecule has 0 aliphatic heterocycles. The second kappa shape index (κ2) is 4.90. The number of nitrogens with zero attached hydrogens (tertiary/aromatic N) is 2. The van der Waals surface area contributed by atoms with Crippen molar-refractivity contribution in [1.82, 2.24) is 9.55 Å². The molecular weight excluding hydrogens is 394 g/mol. The van der Waals surface area contributed by atoms with E-state index in [9.17, 15) is 13.2 Å². The highest BCUT2D eigenvalue weighted by molar-refractivity contribution is 14.1. The van der Waals surface area contributed by atoms with E-state index in [1.54, 1.807) is 36.4 Å². The van der Waals surface area contributed by atoms with E-state index in [1.165, 1.54) is 6.07 Å². The van der Waals surface area contributed by atoms with E-state index in [1.807, 2.05) is 0 Å². The molecule has 0 amide bonds. The number of aromatic nitrogens is 2. The minimum Gasteiger partial charge on any atom is -0.399 e. The maximum Gasteiger partial charge on any atom is 0.450 e. The smallest absolute Gasteiger partial charge is 0.399 e. The van der Waals surface area contributed by atoms with Gasteiger partial charge in [0.1, 0.15) is 0 Å². The van der Waals surface area contributed by atoms with Gasteiger partial charge >= 0.3 is 6.18 Å². The van der Waals surface area contributed by atoms with Gasteiger partial charge in [-0.2, -0.15) is 13.2 Å². The Hall–Kier alpha value is -1.77. The average Bonchev–Trinajstić information content (AvgIpc) is 2.78. The summed E-state index contributed by atoms with van der Waals surface area (Å²) in [6.07, 6.45) is -4.54. The second-order valence-electron chi connectivity index (χ2n) is 4.49. The number of nitrogens with two attached hydrogens (primary N) is 1. The first-order valence-corrected chi connectivity index (χ1v) is 7.05. The molecule has 21 heavy (non-hydrogen) atoms. The molecule has 0 saturated heterocycles. The zero-order chi connectivity index (χ0) is 15.2. The maximum absolute atomic E-state index is 13.2. The number of imidazole rings is 1. The molecule has 1 aromatic heterocycles.